The molecular formula is C21H23ClN4O. The van der Waals surface area contributed by atoms with Crippen LogP contribution < -0.4 is 10.5 Å². The van der Waals surface area contributed by atoms with Crippen molar-refractivity contribution in [2.45, 2.75) is 13.3 Å². The van der Waals surface area contributed by atoms with Crippen molar-refractivity contribution in [3.8, 4) is 0 Å². The van der Waals surface area contributed by atoms with E-state index in [9.17, 15) is 4.79 Å². The number of piperazine rings is 1. The summed E-state index contributed by atoms with van der Waals surface area (Å²) in [5.74, 6) is 0.756. The number of rotatable bonds is 4. The fourth-order valence-electron chi connectivity index (χ4n) is 3.65. The fourth-order valence-corrected chi connectivity index (χ4v) is 3.82. The molecular weight excluding hydrogens is 360 g/mol. The van der Waals surface area contributed by atoms with Crippen molar-refractivity contribution in [1.82, 2.24) is 14.9 Å². The minimum atomic E-state index is -0.0585. The number of aromatic nitrogens is 2. The highest BCUT2D eigenvalue weighted by Crippen LogP contribution is 2.25. The van der Waals surface area contributed by atoms with Crippen LogP contribution in [0.5, 0.6) is 0 Å². The fraction of sp³-hybridized carbons (Fsp3) is 0.333. The van der Waals surface area contributed by atoms with E-state index in [1.807, 2.05) is 30.3 Å². The van der Waals surface area contributed by atoms with Gasteiger partial charge in [0.25, 0.3) is 5.56 Å². The number of hydrogen-bond donors (Lipinski definition) is 1. The molecule has 0 radical (unpaired) electrons. The number of benzene rings is 2. The van der Waals surface area contributed by atoms with Crippen molar-refractivity contribution in [1.29, 1.82) is 0 Å². The summed E-state index contributed by atoms with van der Waals surface area (Å²) in [6.07, 6.45) is 0.746. The second-order valence-corrected chi connectivity index (χ2v) is 7.48. The minimum absolute atomic E-state index is 0.0585. The monoisotopic (exact) mass is 382 g/mol. The lowest BCUT2D eigenvalue weighted by atomic mass is 10.1. The van der Waals surface area contributed by atoms with E-state index in [1.54, 1.807) is 0 Å². The van der Waals surface area contributed by atoms with Crippen molar-refractivity contribution in [3.63, 3.8) is 0 Å². The van der Waals surface area contributed by atoms with Gasteiger partial charge in [0.2, 0.25) is 0 Å². The molecule has 27 heavy (non-hydrogen) atoms. The second-order valence-electron chi connectivity index (χ2n) is 7.04. The summed E-state index contributed by atoms with van der Waals surface area (Å²) in [5.41, 5.74) is 3.18. The molecule has 0 spiro atoms. The zero-order valence-electron chi connectivity index (χ0n) is 15.4. The molecule has 1 saturated heterocycles. The van der Waals surface area contributed by atoms with Gasteiger partial charge in [-0.25, -0.2) is 4.98 Å². The topological polar surface area (TPSA) is 52.2 Å². The van der Waals surface area contributed by atoms with Gasteiger partial charge < -0.3 is 9.88 Å². The SMILES string of the molecule is Cc1ccc(Cl)cc1N1CCN(CCc2nc3ccccc3c(=O)[nH]2)CC1. The summed E-state index contributed by atoms with van der Waals surface area (Å²) in [4.78, 5) is 24.5. The molecule has 5 nitrogen and oxygen atoms in total. The average Bonchev–Trinajstić information content (AvgIpc) is 2.69. The number of aromatic amines is 1. The van der Waals surface area contributed by atoms with Gasteiger partial charge >= 0.3 is 0 Å². The summed E-state index contributed by atoms with van der Waals surface area (Å²) in [7, 11) is 0. The summed E-state index contributed by atoms with van der Waals surface area (Å²) in [5, 5.41) is 1.43. The van der Waals surface area contributed by atoms with Gasteiger partial charge in [-0.1, -0.05) is 29.8 Å². The van der Waals surface area contributed by atoms with Gasteiger partial charge in [-0.3, -0.25) is 9.69 Å². The zero-order valence-corrected chi connectivity index (χ0v) is 16.2. The van der Waals surface area contributed by atoms with Gasteiger partial charge in [0, 0.05) is 49.9 Å². The number of H-pyrrole nitrogens is 1. The van der Waals surface area contributed by atoms with E-state index in [2.05, 4.69) is 38.8 Å². The molecule has 1 aromatic heterocycles. The van der Waals surface area contributed by atoms with Gasteiger partial charge in [0.1, 0.15) is 5.82 Å². The lowest BCUT2D eigenvalue weighted by molar-refractivity contribution is 0.259. The first-order valence-corrected chi connectivity index (χ1v) is 9.69. The number of nitrogens with one attached hydrogen (secondary N) is 1. The molecule has 1 aliphatic rings. The van der Waals surface area contributed by atoms with Crippen molar-refractivity contribution in [2.24, 2.45) is 0 Å². The first-order chi connectivity index (χ1) is 13.1. The predicted octanol–water partition coefficient (Wildman–Crippen LogP) is 3.25. The van der Waals surface area contributed by atoms with Crippen LogP contribution in [-0.2, 0) is 6.42 Å². The standard InChI is InChI=1S/C21H23ClN4O/c1-15-6-7-16(22)14-19(15)26-12-10-25(11-13-26)9-8-20-23-18-5-3-2-4-17(18)21(27)24-20/h2-7,14H,8-13H2,1H3,(H,23,24,27). The van der Waals surface area contributed by atoms with Crippen LogP contribution >= 0.6 is 11.6 Å². The molecule has 1 fully saturated rings. The average molecular weight is 383 g/mol. The van der Waals surface area contributed by atoms with Crippen molar-refractivity contribution < 1.29 is 0 Å². The lowest BCUT2D eigenvalue weighted by Crippen LogP contribution is -2.47. The van der Waals surface area contributed by atoms with Crippen molar-refractivity contribution in [3.05, 3.63) is 69.2 Å². The molecule has 0 saturated carbocycles. The molecule has 1 aliphatic heterocycles. The molecule has 0 aliphatic carbocycles. The Labute approximate surface area is 163 Å². The van der Waals surface area contributed by atoms with E-state index in [-0.39, 0.29) is 5.56 Å². The van der Waals surface area contributed by atoms with Crippen molar-refractivity contribution >= 4 is 28.2 Å². The minimum Gasteiger partial charge on any atom is -0.369 e. The van der Waals surface area contributed by atoms with Crippen LogP contribution in [0.3, 0.4) is 0 Å². The number of aryl methyl sites for hydroxylation is 1. The number of nitrogens with zero attached hydrogens (tertiary/aromatic N) is 3. The van der Waals surface area contributed by atoms with Crippen molar-refractivity contribution in [2.75, 3.05) is 37.6 Å². The molecule has 0 amide bonds. The Bertz CT molecular complexity index is 1010. The van der Waals surface area contributed by atoms with Crippen LogP contribution in [0.25, 0.3) is 10.9 Å². The van der Waals surface area contributed by atoms with Gasteiger partial charge in [-0.15, -0.1) is 0 Å². The highest BCUT2D eigenvalue weighted by atomic mass is 35.5. The van der Waals surface area contributed by atoms with Gasteiger partial charge in [-0.2, -0.15) is 0 Å². The maximum absolute atomic E-state index is 12.2. The Morgan fingerprint density at radius 2 is 1.89 bits per heavy atom. The molecule has 3 aromatic rings. The largest absolute Gasteiger partial charge is 0.369 e. The lowest BCUT2D eigenvalue weighted by Gasteiger charge is -2.36. The summed E-state index contributed by atoms with van der Waals surface area (Å²) >= 11 is 6.16. The Kier molecular flexibility index (Phi) is 5.14. The Balaban J connectivity index is 1.37. The van der Waals surface area contributed by atoms with Crippen LogP contribution in [-0.4, -0.2) is 47.6 Å². The van der Waals surface area contributed by atoms with Gasteiger partial charge in [0.15, 0.2) is 0 Å². The third-order valence-electron chi connectivity index (χ3n) is 5.21. The van der Waals surface area contributed by atoms with E-state index < -0.39 is 0 Å². The van der Waals surface area contributed by atoms with Crippen LogP contribution in [0.15, 0.2) is 47.3 Å². The van der Waals surface area contributed by atoms with E-state index >= 15 is 0 Å². The van der Waals surface area contributed by atoms with Gasteiger partial charge in [-0.05, 0) is 36.8 Å². The van der Waals surface area contributed by atoms with Crippen LogP contribution in [0.1, 0.15) is 11.4 Å². The van der Waals surface area contributed by atoms with E-state index in [4.69, 9.17) is 11.6 Å². The Morgan fingerprint density at radius 3 is 2.70 bits per heavy atom. The van der Waals surface area contributed by atoms with Crippen LogP contribution in [0.4, 0.5) is 5.69 Å². The quantitative estimate of drug-likeness (QED) is 0.752. The summed E-state index contributed by atoms with van der Waals surface area (Å²) in [6.45, 7) is 6.95. The molecule has 0 bridgehead atoms. The molecule has 140 valence electrons. The van der Waals surface area contributed by atoms with E-state index in [1.165, 1.54) is 11.3 Å². The summed E-state index contributed by atoms with van der Waals surface area (Å²) in [6, 6.07) is 13.5. The molecule has 4 rings (SSSR count). The van der Waals surface area contributed by atoms with Crippen LogP contribution in [0, 0.1) is 6.92 Å². The van der Waals surface area contributed by atoms with Crippen LogP contribution in [0.2, 0.25) is 5.02 Å². The highest BCUT2D eigenvalue weighted by Gasteiger charge is 2.18. The van der Waals surface area contributed by atoms with Gasteiger partial charge in [0.05, 0.1) is 10.9 Å². The Hall–Kier alpha value is -2.37. The number of halogens is 1. The number of hydrogen-bond acceptors (Lipinski definition) is 4. The first kappa shape index (κ1) is 18.0. The summed E-state index contributed by atoms with van der Waals surface area (Å²) < 4.78 is 0. The third kappa shape index (κ3) is 3.99. The maximum Gasteiger partial charge on any atom is 0.258 e. The predicted molar refractivity (Wildman–Crippen MR) is 111 cm³/mol. The molecule has 6 heteroatoms. The Morgan fingerprint density at radius 1 is 1.11 bits per heavy atom. The second kappa shape index (κ2) is 7.71. The molecule has 0 atom stereocenters. The smallest absolute Gasteiger partial charge is 0.258 e. The molecule has 0 unspecified atom stereocenters. The number of fused-ring (bicyclic) bond motifs is 1. The molecule has 2 heterocycles. The highest BCUT2D eigenvalue weighted by molar-refractivity contribution is 6.30. The first-order valence-electron chi connectivity index (χ1n) is 9.31. The normalized spacial score (nSPS) is 15.4. The van der Waals surface area contributed by atoms with E-state index in [0.29, 0.717) is 5.39 Å². The van der Waals surface area contributed by atoms with E-state index in [0.717, 1.165) is 55.5 Å². The molecule has 2 aromatic carbocycles. The zero-order chi connectivity index (χ0) is 18.8. The number of para-hydroxylation sites is 1. The number of anilines is 1. The molecule has 1 N–H and O–H groups in total. The maximum atomic E-state index is 12.2. The third-order valence-corrected chi connectivity index (χ3v) is 5.45.